The molecule has 3 N–H and O–H groups in total. The van der Waals surface area contributed by atoms with Crippen LogP contribution in [0.15, 0.2) is 24.3 Å². The van der Waals surface area contributed by atoms with Crippen LogP contribution < -0.4 is 11.3 Å². The molecule has 3 nitrogen and oxygen atoms in total. The molecule has 0 atom stereocenters. The second-order valence-corrected chi connectivity index (χ2v) is 3.63. The standard InChI is InChI=1S/C7H10N2.C6H15N.ClH/c1-6-2-4-7(9-8)5-3-6;1-4-7(5-2)6-3;/h2-5,9H,8H2,1H3;4-6H2,1-3H3;1H. The fraction of sp³-hybridized carbons (Fsp3) is 0.538. The minimum atomic E-state index is 0. The van der Waals surface area contributed by atoms with E-state index >= 15 is 0 Å². The zero-order chi connectivity index (χ0) is 12.4. The van der Waals surface area contributed by atoms with Crippen molar-refractivity contribution >= 4 is 18.1 Å². The first-order valence-corrected chi connectivity index (χ1v) is 5.93. The van der Waals surface area contributed by atoms with E-state index < -0.39 is 0 Å². The van der Waals surface area contributed by atoms with Gasteiger partial charge in [-0.05, 0) is 38.7 Å². The molecule has 4 heteroatoms. The van der Waals surface area contributed by atoms with E-state index in [1.54, 1.807) is 0 Å². The lowest BCUT2D eigenvalue weighted by atomic mass is 10.2. The van der Waals surface area contributed by atoms with Crippen LogP contribution in [0.2, 0.25) is 0 Å². The highest BCUT2D eigenvalue weighted by Crippen LogP contribution is 2.05. The molecular weight excluding hydrogens is 234 g/mol. The molecule has 0 spiro atoms. The summed E-state index contributed by atoms with van der Waals surface area (Å²) in [6.45, 7) is 12.2. The molecule has 0 unspecified atom stereocenters. The van der Waals surface area contributed by atoms with Crippen LogP contribution in [0, 0.1) is 6.92 Å². The predicted octanol–water partition coefficient (Wildman–Crippen LogP) is 3.05. The van der Waals surface area contributed by atoms with E-state index in [1.165, 1.54) is 25.2 Å². The maximum absolute atomic E-state index is 5.15. The second-order valence-electron chi connectivity index (χ2n) is 3.63. The maximum atomic E-state index is 5.15. The van der Waals surface area contributed by atoms with Crippen molar-refractivity contribution in [3.05, 3.63) is 29.8 Å². The topological polar surface area (TPSA) is 41.3 Å². The largest absolute Gasteiger partial charge is 0.324 e. The number of hydrazine groups is 1. The number of nitrogen functional groups attached to an aromatic ring is 1. The monoisotopic (exact) mass is 259 g/mol. The molecule has 1 rings (SSSR count). The highest BCUT2D eigenvalue weighted by molar-refractivity contribution is 5.85. The van der Waals surface area contributed by atoms with E-state index in [0.29, 0.717) is 0 Å². The summed E-state index contributed by atoms with van der Waals surface area (Å²) in [6.07, 6.45) is 0. The summed E-state index contributed by atoms with van der Waals surface area (Å²) in [4.78, 5) is 2.38. The Kier molecular flexibility index (Phi) is 12.8. The van der Waals surface area contributed by atoms with Crippen LogP contribution in [-0.4, -0.2) is 24.5 Å². The number of rotatable bonds is 4. The zero-order valence-electron chi connectivity index (χ0n) is 11.4. The van der Waals surface area contributed by atoms with Crippen LogP contribution in [0.1, 0.15) is 26.3 Å². The van der Waals surface area contributed by atoms with Crippen molar-refractivity contribution in [2.75, 3.05) is 25.1 Å². The number of nitrogens with one attached hydrogen (secondary N) is 1. The van der Waals surface area contributed by atoms with Crippen LogP contribution >= 0.6 is 12.4 Å². The Morgan fingerprint density at radius 1 is 1.00 bits per heavy atom. The fourth-order valence-electron chi connectivity index (χ4n) is 1.32. The van der Waals surface area contributed by atoms with Crippen molar-refractivity contribution in [1.29, 1.82) is 0 Å². The van der Waals surface area contributed by atoms with Gasteiger partial charge in [-0.15, -0.1) is 12.4 Å². The molecule has 0 heterocycles. The quantitative estimate of drug-likeness (QED) is 0.645. The lowest BCUT2D eigenvalue weighted by Crippen LogP contribution is -2.21. The van der Waals surface area contributed by atoms with E-state index in [-0.39, 0.29) is 12.4 Å². The molecule has 0 fully saturated rings. The van der Waals surface area contributed by atoms with Gasteiger partial charge in [0.2, 0.25) is 0 Å². The van der Waals surface area contributed by atoms with E-state index in [4.69, 9.17) is 5.84 Å². The minimum absolute atomic E-state index is 0. The Bertz CT molecular complexity index is 252. The van der Waals surface area contributed by atoms with Crippen molar-refractivity contribution < 1.29 is 0 Å². The molecule has 100 valence electrons. The fourth-order valence-corrected chi connectivity index (χ4v) is 1.32. The first kappa shape index (κ1) is 18.6. The maximum Gasteiger partial charge on any atom is 0.0485 e. The third-order valence-corrected chi connectivity index (χ3v) is 2.56. The summed E-state index contributed by atoms with van der Waals surface area (Å²) >= 11 is 0. The first-order valence-electron chi connectivity index (χ1n) is 5.93. The summed E-state index contributed by atoms with van der Waals surface area (Å²) in [5.41, 5.74) is 4.74. The van der Waals surface area contributed by atoms with Gasteiger partial charge < -0.3 is 10.3 Å². The Hall–Kier alpha value is -0.770. The molecule has 0 aromatic heterocycles. The van der Waals surface area contributed by atoms with Crippen LogP contribution in [-0.2, 0) is 0 Å². The number of aryl methyl sites for hydroxylation is 1. The number of nitrogens with zero attached hydrogens (tertiary/aromatic N) is 1. The molecule has 0 saturated heterocycles. The highest BCUT2D eigenvalue weighted by atomic mass is 35.5. The summed E-state index contributed by atoms with van der Waals surface area (Å²) in [7, 11) is 0. The number of hydrogen-bond acceptors (Lipinski definition) is 3. The minimum Gasteiger partial charge on any atom is -0.324 e. The number of benzene rings is 1. The molecule has 1 aromatic carbocycles. The summed E-state index contributed by atoms with van der Waals surface area (Å²) in [5, 5.41) is 0. The summed E-state index contributed by atoms with van der Waals surface area (Å²) in [5.74, 6) is 5.15. The van der Waals surface area contributed by atoms with Gasteiger partial charge in [0.1, 0.15) is 0 Å². The summed E-state index contributed by atoms with van der Waals surface area (Å²) < 4.78 is 0. The van der Waals surface area contributed by atoms with E-state index in [1.807, 2.05) is 31.2 Å². The Morgan fingerprint density at radius 2 is 1.41 bits per heavy atom. The van der Waals surface area contributed by atoms with Gasteiger partial charge in [0.05, 0.1) is 0 Å². The number of hydrogen-bond donors (Lipinski definition) is 2. The molecule has 0 aliphatic heterocycles. The molecule has 1 aromatic rings. The molecule has 0 bridgehead atoms. The second kappa shape index (κ2) is 11.7. The predicted molar refractivity (Wildman–Crippen MR) is 79.7 cm³/mol. The molecule has 0 aliphatic carbocycles. The third-order valence-electron chi connectivity index (χ3n) is 2.56. The number of halogens is 1. The average Bonchev–Trinajstić information content (AvgIpc) is 2.33. The van der Waals surface area contributed by atoms with Gasteiger partial charge in [0.15, 0.2) is 0 Å². The molecule has 0 aliphatic rings. The Morgan fingerprint density at radius 3 is 1.65 bits per heavy atom. The Balaban J connectivity index is 0. The van der Waals surface area contributed by atoms with Gasteiger partial charge in [0.25, 0.3) is 0 Å². The van der Waals surface area contributed by atoms with Crippen molar-refractivity contribution in [2.45, 2.75) is 27.7 Å². The number of anilines is 1. The van der Waals surface area contributed by atoms with Gasteiger partial charge in [-0.3, -0.25) is 5.84 Å². The van der Waals surface area contributed by atoms with Crippen LogP contribution in [0.4, 0.5) is 5.69 Å². The lowest BCUT2D eigenvalue weighted by molar-refractivity contribution is 0.321. The van der Waals surface area contributed by atoms with Crippen LogP contribution in [0.5, 0.6) is 0 Å². The van der Waals surface area contributed by atoms with E-state index in [2.05, 4.69) is 31.1 Å². The van der Waals surface area contributed by atoms with Crippen LogP contribution in [0.3, 0.4) is 0 Å². The molecule has 0 saturated carbocycles. The van der Waals surface area contributed by atoms with Crippen molar-refractivity contribution in [2.24, 2.45) is 5.84 Å². The van der Waals surface area contributed by atoms with Crippen molar-refractivity contribution in [3.63, 3.8) is 0 Å². The highest BCUT2D eigenvalue weighted by Gasteiger charge is 1.89. The van der Waals surface area contributed by atoms with Gasteiger partial charge in [0, 0.05) is 5.69 Å². The lowest BCUT2D eigenvalue weighted by Gasteiger charge is -2.13. The van der Waals surface area contributed by atoms with Gasteiger partial charge in [-0.25, -0.2) is 0 Å². The molecule has 0 radical (unpaired) electrons. The average molecular weight is 260 g/mol. The summed E-state index contributed by atoms with van der Waals surface area (Å²) in [6, 6.07) is 7.90. The van der Waals surface area contributed by atoms with E-state index in [9.17, 15) is 0 Å². The van der Waals surface area contributed by atoms with Gasteiger partial charge >= 0.3 is 0 Å². The van der Waals surface area contributed by atoms with Crippen molar-refractivity contribution in [3.8, 4) is 0 Å². The molecule has 17 heavy (non-hydrogen) atoms. The molecule has 0 amide bonds. The van der Waals surface area contributed by atoms with Gasteiger partial charge in [-0.1, -0.05) is 38.5 Å². The third kappa shape index (κ3) is 8.98. The van der Waals surface area contributed by atoms with E-state index in [0.717, 1.165) is 5.69 Å². The zero-order valence-corrected chi connectivity index (χ0v) is 12.2. The SMILES string of the molecule is CCN(CC)CC.Cc1ccc(NN)cc1.Cl. The van der Waals surface area contributed by atoms with Crippen molar-refractivity contribution in [1.82, 2.24) is 4.90 Å². The normalized spacial score (nSPS) is 9.06. The Labute approximate surface area is 112 Å². The van der Waals surface area contributed by atoms with Gasteiger partial charge in [-0.2, -0.15) is 0 Å². The molecular formula is C13H26ClN3. The smallest absolute Gasteiger partial charge is 0.0485 e. The van der Waals surface area contributed by atoms with Crippen LogP contribution in [0.25, 0.3) is 0 Å². The number of nitrogens with two attached hydrogens (primary N) is 1. The first-order chi connectivity index (χ1) is 7.67.